The molecule has 0 saturated carbocycles. The van der Waals surface area contributed by atoms with Crippen molar-refractivity contribution in [3.8, 4) is 0 Å². The number of nitrogens with one attached hydrogen (secondary N) is 1. The van der Waals surface area contributed by atoms with E-state index in [9.17, 15) is 9.59 Å². The SMILES string of the molecule is Cc1ccc(C2=C(Nc3ccc(C)c(Cl)c3)C(=O)N(CCOC(C)C)C2=O)cc1C. The molecule has 0 spiro atoms. The Balaban J connectivity index is 2.00. The predicted octanol–water partition coefficient (Wildman–Crippen LogP) is 4.88. The number of hydrogen-bond donors (Lipinski definition) is 1. The van der Waals surface area contributed by atoms with E-state index < -0.39 is 0 Å². The minimum absolute atomic E-state index is 0.0253. The van der Waals surface area contributed by atoms with E-state index in [2.05, 4.69) is 5.32 Å². The summed E-state index contributed by atoms with van der Waals surface area (Å²) in [5.74, 6) is -0.686. The fourth-order valence-electron chi connectivity index (χ4n) is 3.25. The number of nitrogens with zero attached hydrogens (tertiary/aromatic N) is 1. The van der Waals surface area contributed by atoms with Gasteiger partial charge in [0.05, 0.1) is 24.8 Å². The number of hydrogen-bond acceptors (Lipinski definition) is 4. The number of carbonyl (C=O) groups is 2. The highest BCUT2D eigenvalue weighted by atomic mass is 35.5. The van der Waals surface area contributed by atoms with Crippen LogP contribution in [0.3, 0.4) is 0 Å². The molecule has 6 heteroatoms. The van der Waals surface area contributed by atoms with Crippen LogP contribution in [0, 0.1) is 20.8 Å². The standard InChI is InChI=1S/C24H27ClN2O3/c1-14(2)30-11-10-27-23(28)21(18-8-6-15(3)17(5)12-18)22(24(27)29)26-19-9-7-16(4)20(25)13-19/h6-9,12-14,26H,10-11H2,1-5H3. The third kappa shape index (κ3) is 4.58. The Morgan fingerprint density at radius 2 is 1.67 bits per heavy atom. The Kier molecular flexibility index (Phi) is 6.64. The maximum Gasteiger partial charge on any atom is 0.278 e. The Morgan fingerprint density at radius 3 is 2.30 bits per heavy atom. The van der Waals surface area contributed by atoms with Crippen molar-refractivity contribution in [2.75, 3.05) is 18.5 Å². The van der Waals surface area contributed by atoms with E-state index in [0.29, 0.717) is 28.5 Å². The van der Waals surface area contributed by atoms with Crippen LogP contribution in [0.15, 0.2) is 42.1 Å². The predicted molar refractivity (Wildman–Crippen MR) is 120 cm³/mol. The summed E-state index contributed by atoms with van der Waals surface area (Å²) < 4.78 is 5.56. The average Bonchev–Trinajstić information content (AvgIpc) is 2.91. The molecule has 1 aliphatic rings. The van der Waals surface area contributed by atoms with Crippen molar-refractivity contribution in [3.63, 3.8) is 0 Å². The number of aryl methyl sites for hydroxylation is 3. The number of anilines is 1. The molecule has 0 fully saturated rings. The molecule has 0 radical (unpaired) electrons. The number of imide groups is 1. The smallest absolute Gasteiger partial charge is 0.278 e. The summed E-state index contributed by atoms with van der Waals surface area (Å²) in [4.78, 5) is 27.7. The summed E-state index contributed by atoms with van der Waals surface area (Å²) in [6, 6.07) is 11.2. The molecule has 0 unspecified atom stereocenters. The highest BCUT2D eigenvalue weighted by molar-refractivity contribution is 6.36. The summed E-state index contributed by atoms with van der Waals surface area (Å²) in [5.41, 5.74) is 5.11. The molecule has 0 aliphatic carbocycles. The lowest BCUT2D eigenvalue weighted by atomic mass is 9.99. The largest absolute Gasteiger partial charge is 0.377 e. The monoisotopic (exact) mass is 426 g/mol. The molecule has 1 aliphatic heterocycles. The van der Waals surface area contributed by atoms with Gasteiger partial charge in [-0.2, -0.15) is 0 Å². The van der Waals surface area contributed by atoms with Crippen molar-refractivity contribution in [3.05, 3.63) is 69.4 Å². The molecule has 5 nitrogen and oxygen atoms in total. The third-order valence-corrected chi connectivity index (χ3v) is 5.58. The molecular weight excluding hydrogens is 400 g/mol. The second-order valence-corrected chi connectivity index (χ2v) is 8.23. The number of ether oxygens (including phenoxy) is 1. The van der Waals surface area contributed by atoms with Crippen LogP contribution in [0.25, 0.3) is 5.57 Å². The van der Waals surface area contributed by atoms with Gasteiger partial charge in [0.2, 0.25) is 0 Å². The Morgan fingerprint density at radius 1 is 0.967 bits per heavy atom. The summed E-state index contributed by atoms with van der Waals surface area (Å²) >= 11 is 6.25. The van der Waals surface area contributed by atoms with Crippen LogP contribution in [-0.2, 0) is 14.3 Å². The summed E-state index contributed by atoms with van der Waals surface area (Å²) in [7, 11) is 0. The first-order valence-corrected chi connectivity index (χ1v) is 10.4. The lowest BCUT2D eigenvalue weighted by molar-refractivity contribution is -0.137. The van der Waals surface area contributed by atoms with Crippen molar-refractivity contribution in [1.82, 2.24) is 4.90 Å². The lowest BCUT2D eigenvalue weighted by Crippen LogP contribution is -2.35. The topological polar surface area (TPSA) is 58.6 Å². The van der Waals surface area contributed by atoms with Crippen LogP contribution in [0.1, 0.15) is 36.1 Å². The first-order chi connectivity index (χ1) is 14.2. The molecule has 1 heterocycles. The van der Waals surface area contributed by atoms with Crippen molar-refractivity contribution in [2.24, 2.45) is 0 Å². The third-order valence-electron chi connectivity index (χ3n) is 5.17. The zero-order valence-electron chi connectivity index (χ0n) is 18.0. The molecule has 0 aromatic heterocycles. The molecule has 2 aromatic rings. The van der Waals surface area contributed by atoms with Crippen LogP contribution in [-0.4, -0.2) is 36.0 Å². The van der Waals surface area contributed by atoms with E-state index in [0.717, 1.165) is 16.7 Å². The van der Waals surface area contributed by atoms with Crippen LogP contribution in [0.4, 0.5) is 5.69 Å². The van der Waals surface area contributed by atoms with E-state index in [1.165, 1.54) is 4.90 Å². The molecule has 30 heavy (non-hydrogen) atoms. The van der Waals surface area contributed by atoms with Gasteiger partial charge >= 0.3 is 0 Å². The first kappa shape index (κ1) is 22.1. The highest BCUT2D eigenvalue weighted by Crippen LogP contribution is 2.32. The number of benzene rings is 2. The molecular formula is C24H27ClN2O3. The van der Waals surface area contributed by atoms with Gasteiger partial charge in [-0.1, -0.05) is 35.9 Å². The second-order valence-electron chi connectivity index (χ2n) is 7.82. The highest BCUT2D eigenvalue weighted by Gasteiger charge is 2.39. The van der Waals surface area contributed by atoms with Gasteiger partial charge in [0, 0.05) is 10.7 Å². The minimum Gasteiger partial charge on any atom is -0.377 e. The van der Waals surface area contributed by atoms with E-state index in [1.807, 2.05) is 65.0 Å². The normalized spacial score (nSPS) is 14.3. The van der Waals surface area contributed by atoms with E-state index in [1.54, 1.807) is 6.07 Å². The van der Waals surface area contributed by atoms with E-state index >= 15 is 0 Å². The summed E-state index contributed by atoms with van der Waals surface area (Å²) in [5, 5.41) is 3.73. The summed E-state index contributed by atoms with van der Waals surface area (Å²) in [6.45, 7) is 10.2. The Bertz CT molecular complexity index is 1030. The molecule has 0 atom stereocenters. The molecule has 3 rings (SSSR count). The summed E-state index contributed by atoms with van der Waals surface area (Å²) in [6.07, 6.45) is 0.0253. The van der Waals surface area contributed by atoms with Crippen LogP contribution >= 0.6 is 11.6 Å². The molecule has 2 amide bonds. The van der Waals surface area contributed by atoms with Gasteiger partial charge in [-0.15, -0.1) is 0 Å². The van der Waals surface area contributed by atoms with Crippen molar-refractivity contribution >= 4 is 34.7 Å². The molecule has 2 aromatic carbocycles. The van der Waals surface area contributed by atoms with Gasteiger partial charge < -0.3 is 10.1 Å². The van der Waals surface area contributed by atoms with Gasteiger partial charge in [0.1, 0.15) is 5.70 Å². The fraction of sp³-hybridized carbons (Fsp3) is 0.333. The average molecular weight is 427 g/mol. The number of carbonyl (C=O) groups excluding carboxylic acids is 2. The number of amides is 2. The van der Waals surface area contributed by atoms with Gasteiger partial charge in [0.25, 0.3) is 11.8 Å². The molecule has 0 bridgehead atoms. The van der Waals surface area contributed by atoms with Gasteiger partial charge in [-0.05, 0) is 69.0 Å². The first-order valence-electron chi connectivity index (χ1n) is 10.0. The zero-order valence-corrected chi connectivity index (χ0v) is 18.8. The van der Waals surface area contributed by atoms with E-state index in [-0.39, 0.29) is 30.2 Å². The lowest BCUT2D eigenvalue weighted by Gasteiger charge is -2.16. The maximum atomic E-state index is 13.2. The molecule has 0 saturated heterocycles. The van der Waals surface area contributed by atoms with Crippen molar-refractivity contribution in [2.45, 2.75) is 40.7 Å². The van der Waals surface area contributed by atoms with Crippen molar-refractivity contribution < 1.29 is 14.3 Å². The van der Waals surface area contributed by atoms with Crippen LogP contribution in [0.2, 0.25) is 5.02 Å². The van der Waals surface area contributed by atoms with Gasteiger partial charge in [0.15, 0.2) is 0 Å². The molecule has 158 valence electrons. The second kappa shape index (κ2) is 9.02. The quantitative estimate of drug-likeness (QED) is 0.641. The Labute approximate surface area is 182 Å². The van der Waals surface area contributed by atoms with Crippen LogP contribution in [0.5, 0.6) is 0 Å². The minimum atomic E-state index is -0.364. The fourth-order valence-corrected chi connectivity index (χ4v) is 3.43. The van der Waals surface area contributed by atoms with Crippen molar-refractivity contribution in [1.29, 1.82) is 0 Å². The number of halogens is 1. The van der Waals surface area contributed by atoms with Gasteiger partial charge in [-0.25, -0.2) is 0 Å². The number of rotatable bonds is 7. The van der Waals surface area contributed by atoms with E-state index in [4.69, 9.17) is 16.3 Å². The van der Waals surface area contributed by atoms with Crippen LogP contribution < -0.4 is 5.32 Å². The molecule has 1 N–H and O–H groups in total. The Hall–Kier alpha value is -2.63. The zero-order chi connectivity index (χ0) is 22.0. The maximum absolute atomic E-state index is 13.2. The van der Waals surface area contributed by atoms with Gasteiger partial charge in [-0.3, -0.25) is 14.5 Å².